The predicted molar refractivity (Wildman–Crippen MR) is 62.5 cm³/mol. The van der Waals surface area contributed by atoms with Crippen LogP contribution in [0.5, 0.6) is 0 Å². The molecule has 90 valence electrons. The van der Waals surface area contributed by atoms with Crippen LogP contribution >= 0.6 is 0 Å². The van der Waals surface area contributed by atoms with Gasteiger partial charge in [0.1, 0.15) is 0 Å². The Balaban J connectivity index is 2.23. The van der Waals surface area contributed by atoms with Crippen molar-refractivity contribution >= 4 is 5.95 Å². The first kappa shape index (κ1) is 11.3. The molecule has 1 aliphatic heterocycles. The highest BCUT2D eigenvalue weighted by Crippen LogP contribution is 2.20. The summed E-state index contributed by atoms with van der Waals surface area (Å²) in [7, 11) is 0. The van der Waals surface area contributed by atoms with E-state index in [1.165, 1.54) is 0 Å². The van der Waals surface area contributed by atoms with Gasteiger partial charge in [-0.05, 0) is 38.1 Å². The SMILES string of the molecule is C[C@@H]1CN(c2nnnn2C(C)(C)C)CCN1. The summed E-state index contributed by atoms with van der Waals surface area (Å²) in [6.45, 7) is 11.4. The molecule has 1 aromatic rings. The summed E-state index contributed by atoms with van der Waals surface area (Å²) in [5, 5.41) is 15.4. The Hall–Kier alpha value is -1.17. The smallest absolute Gasteiger partial charge is 0.246 e. The van der Waals surface area contributed by atoms with E-state index in [4.69, 9.17) is 0 Å². The number of nitrogens with zero attached hydrogens (tertiary/aromatic N) is 5. The molecule has 0 spiro atoms. The molecule has 0 amide bonds. The van der Waals surface area contributed by atoms with Crippen molar-refractivity contribution < 1.29 is 0 Å². The van der Waals surface area contributed by atoms with Gasteiger partial charge in [0, 0.05) is 25.7 Å². The zero-order valence-electron chi connectivity index (χ0n) is 10.4. The minimum Gasteiger partial charge on any atom is -0.337 e. The fraction of sp³-hybridized carbons (Fsp3) is 0.900. The van der Waals surface area contributed by atoms with E-state index in [1.807, 2.05) is 4.68 Å². The van der Waals surface area contributed by atoms with Crippen molar-refractivity contribution in [2.24, 2.45) is 0 Å². The molecule has 1 aromatic heterocycles. The van der Waals surface area contributed by atoms with Gasteiger partial charge >= 0.3 is 0 Å². The zero-order chi connectivity index (χ0) is 11.8. The van der Waals surface area contributed by atoms with E-state index in [0.717, 1.165) is 25.6 Å². The van der Waals surface area contributed by atoms with Crippen LogP contribution in [0.2, 0.25) is 0 Å². The molecule has 16 heavy (non-hydrogen) atoms. The molecule has 1 atom stereocenters. The first-order valence-corrected chi connectivity index (χ1v) is 5.75. The molecule has 0 aliphatic carbocycles. The second-order valence-corrected chi connectivity index (χ2v) is 5.36. The lowest BCUT2D eigenvalue weighted by molar-refractivity contribution is 0.342. The molecule has 2 rings (SSSR count). The summed E-state index contributed by atoms with van der Waals surface area (Å²) in [6, 6.07) is 0.485. The highest BCUT2D eigenvalue weighted by molar-refractivity contribution is 5.30. The third-order valence-electron chi connectivity index (χ3n) is 2.74. The van der Waals surface area contributed by atoms with E-state index in [2.05, 4.69) is 53.4 Å². The van der Waals surface area contributed by atoms with Gasteiger partial charge in [0.15, 0.2) is 0 Å². The minimum absolute atomic E-state index is 0.0764. The molecule has 1 N–H and O–H groups in total. The average molecular weight is 224 g/mol. The molecule has 1 saturated heterocycles. The van der Waals surface area contributed by atoms with Crippen molar-refractivity contribution in [3.63, 3.8) is 0 Å². The summed E-state index contributed by atoms with van der Waals surface area (Å²) in [5.41, 5.74) is -0.0764. The molecule has 1 aliphatic rings. The Morgan fingerprint density at radius 2 is 2.12 bits per heavy atom. The van der Waals surface area contributed by atoms with Crippen molar-refractivity contribution in [1.82, 2.24) is 25.5 Å². The monoisotopic (exact) mass is 224 g/mol. The Kier molecular flexibility index (Phi) is 2.84. The lowest BCUT2D eigenvalue weighted by atomic mass is 10.1. The molecule has 6 nitrogen and oxygen atoms in total. The lowest BCUT2D eigenvalue weighted by Crippen LogP contribution is -2.50. The Morgan fingerprint density at radius 3 is 2.75 bits per heavy atom. The molecule has 0 aromatic carbocycles. The molecule has 0 radical (unpaired) electrons. The van der Waals surface area contributed by atoms with Crippen molar-refractivity contribution in [3.05, 3.63) is 0 Å². The van der Waals surface area contributed by atoms with Gasteiger partial charge in [-0.3, -0.25) is 0 Å². The van der Waals surface area contributed by atoms with Crippen molar-refractivity contribution in [1.29, 1.82) is 0 Å². The van der Waals surface area contributed by atoms with Crippen LogP contribution in [0.15, 0.2) is 0 Å². The van der Waals surface area contributed by atoms with Gasteiger partial charge in [0.2, 0.25) is 5.95 Å². The number of rotatable bonds is 1. The predicted octanol–water partition coefficient (Wildman–Crippen LogP) is 0.226. The maximum absolute atomic E-state index is 4.14. The number of piperazine rings is 1. The summed E-state index contributed by atoms with van der Waals surface area (Å²) in [5.74, 6) is 0.876. The molecule has 0 saturated carbocycles. The summed E-state index contributed by atoms with van der Waals surface area (Å²) >= 11 is 0. The van der Waals surface area contributed by atoms with E-state index in [-0.39, 0.29) is 5.54 Å². The van der Waals surface area contributed by atoms with E-state index >= 15 is 0 Å². The number of nitrogens with one attached hydrogen (secondary N) is 1. The quantitative estimate of drug-likeness (QED) is 0.740. The van der Waals surface area contributed by atoms with Gasteiger partial charge in [0.05, 0.1) is 5.54 Å². The Bertz CT molecular complexity index is 352. The highest BCUT2D eigenvalue weighted by atomic mass is 15.6. The van der Waals surface area contributed by atoms with E-state index in [0.29, 0.717) is 6.04 Å². The lowest BCUT2D eigenvalue weighted by Gasteiger charge is -2.33. The zero-order valence-corrected chi connectivity index (χ0v) is 10.4. The van der Waals surface area contributed by atoms with Crippen LogP contribution < -0.4 is 10.2 Å². The van der Waals surface area contributed by atoms with Crippen LogP contribution in [0.3, 0.4) is 0 Å². The normalized spacial score (nSPS) is 22.5. The average Bonchev–Trinajstić information content (AvgIpc) is 2.65. The maximum atomic E-state index is 4.14. The van der Waals surface area contributed by atoms with Gasteiger partial charge < -0.3 is 10.2 Å². The standard InChI is InChI=1S/C10H20N6/c1-8-7-15(6-5-11-8)9-12-13-14-16(9)10(2,3)4/h8,11H,5-7H2,1-4H3/t8-/m1/s1. The van der Waals surface area contributed by atoms with Gasteiger partial charge in [-0.25, -0.2) is 4.68 Å². The number of hydrogen-bond donors (Lipinski definition) is 1. The first-order chi connectivity index (χ1) is 7.48. The molecule has 1 fully saturated rings. The fourth-order valence-corrected chi connectivity index (χ4v) is 1.93. The fourth-order valence-electron chi connectivity index (χ4n) is 1.93. The van der Waals surface area contributed by atoms with Crippen LogP contribution in [-0.2, 0) is 5.54 Å². The molecular weight excluding hydrogens is 204 g/mol. The van der Waals surface area contributed by atoms with Crippen LogP contribution in [0.1, 0.15) is 27.7 Å². The van der Waals surface area contributed by atoms with E-state index in [9.17, 15) is 0 Å². The van der Waals surface area contributed by atoms with Crippen molar-refractivity contribution in [2.75, 3.05) is 24.5 Å². The van der Waals surface area contributed by atoms with Crippen molar-refractivity contribution in [2.45, 2.75) is 39.3 Å². The van der Waals surface area contributed by atoms with Gasteiger partial charge in [0.25, 0.3) is 0 Å². The van der Waals surface area contributed by atoms with E-state index in [1.54, 1.807) is 0 Å². The minimum atomic E-state index is -0.0764. The molecule has 6 heteroatoms. The number of anilines is 1. The second kappa shape index (κ2) is 4.01. The summed E-state index contributed by atoms with van der Waals surface area (Å²) in [6.07, 6.45) is 0. The summed E-state index contributed by atoms with van der Waals surface area (Å²) < 4.78 is 1.89. The first-order valence-electron chi connectivity index (χ1n) is 5.75. The topological polar surface area (TPSA) is 58.9 Å². The maximum Gasteiger partial charge on any atom is 0.246 e. The second-order valence-electron chi connectivity index (χ2n) is 5.36. The number of aromatic nitrogens is 4. The van der Waals surface area contributed by atoms with Crippen molar-refractivity contribution in [3.8, 4) is 0 Å². The molecule has 2 heterocycles. The van der Waals surface area contributed by atoms with Gasteiger partial charge in [-0.15, -0.1) is 0 Å². The molecule has 0 unspecified atom stereocenters. The van der Waals surface area contributed by atoms with Crippen LogP contribution in [0.25, 0.3) is 0 Å². The number of tetrazole rings is 1. The Morgan fingerprint density at radius 1 is 1.38 bits per heavy atom. The van der Waals surface area contributed by atoms with Crippen LogP contribution in [0, 0.1) is 0 Å². The van der Waals surface area contributed by atoms with Crippen LogP contribution in [0.4, 0.5) is 5.95 Å². The van der Waals surface area contributed by atoms with Gasteiger partial charge in [-0.2, -0.15) is 0 Å². The Labute approximate surface area is 96.0 Å². The number of hydrogen-bond acceptors (Lipinski definition) is 5. The van der Waals surface area contributed by atoms with E-state index < -0.39 is 0 Å². The molecule has 0 bridgehead atoms. The van der Waals surface area contributed by atoms with Crippen LogP contribution in [-0.4, -0.2) is 45.9 Å². The molecular formula is C10H20N6. The van der Waals surface area contributed by atoms with Gasteiger partial charge in [-0.1, -0.05) is 5.10 Å². The third-order valence-corrected chi connectivity index (χ3v) is 2.74. The largest absolute Gasteiger partial charge is 0.337 e. The summed E-state index contributed by atoms with van der Waals surface area (Å²) in [4.78, 5) is 2.24. The third kappa shape index (κ3) is 2.16. The highest BCUT2D eigenvalue weighted by Gasteiger charge is 2.26.